The second-order valence-corrected chi connectivity index (χ2v) is 9.51. The van der Waals surface area contributed by atoms with E-state index in [0.717, 1.165) is 48.7 Å². The lowest BCUT2D eigenvalue weighted by molar-refractivity contribution is -0.136. The lowest BCUT2D eigenvalue weighted by atomic mass is 10.0. The number of amides is 5. The summed E-state index contributed by atoms with van der Waals surface area (Å²) in [7, 11) is 2.11. The number of fused-ring (bicyclic) bond motifs is 1. The fourth-order valence-electron chi connectivity index (χ4n) is 4.96. The molecule has 2 aromatic rings. The van der Waals surface area contributed by atoms with E-state index >= 15 is 0 Å². The number of nitrogens with one attached hydrogen (secondary N) is 3. The monoisotopic (exact) mass is 490 g/mol. The predicted octanol–water partition coefficient (Wildman–Crippen LogP) is 1.52. The van der Waals surface area contributed by atoms with Crippen molar-refractivity contribution in [2.24, 2.45) is 0 Å². The molecule has 2 saturated heterocycles. The van der Waals surface area contributed by atoms with Crippen molar-refractivity contribution in [1.29, 1.82) is 0 Å². The number of imide groups is 1. The minimum Gasteiger partial charge on any atom is -0.367 e. The molecule has 5 amide bonds. The van der Waals surface area contributed by atoms with Crippen LogP contribution >= 0.6 is 0 Å². The Morgan fingerprint density at radius 1 is 1.06 bits per heavy atom. The average molecular weight is 491 g/mol. The van der Waals surface area contributed by atoms with Gasteiger partial charge in [-0.25, -0.2) is 4.79 Å². The molecular formula is C26H30N6O4. The zero-order valence-corrected chi connectivity index (χ0v) is 20.3. The first kappa shape index (κ1) is 23.8. The van der Waals surface area contributed by atoms with E-state index < -0.39 is 11.9 Å². The Morgan fingerprint density at radius 2 is 1.83 bits per heavy atom. The Morgan fingerprint density at radius 3 is 2.61 bits per heavy atom. The zero-order valence-electron chi connectivity index (χ0n) is 20.3. The molecule has 0 spiro atoms. The van der Waals surface area contributed by atoms with Gasteiger partial charge in [0, 0.05) is 51.3 Å². The maximum atomic E-state index is 13.0. The van der Waals surface area contributed by atoms with E-state index in [1.54, 1.807) is 6.07 Å². The van der Waals surface area contributed by atoms with Crippen LogP contribution in [0.2, 0.25) is 0 Å². The number of carbonyl (C=O) groups is 4. The molecule has 0 aliphatic carbocycles. The van der Waals surface area contributed by atoms with E-state index in [1.807, 2.05) is 36.4 Å². The number of nitrogens with zero attached hydrogens (tertiary/aromatic N) is 3. The van der Waals surface area contributed by atoms with Crippen LogP contribution in [-0.2, 0) is 22.7 Å². The van der Waals surface area contributed by atoms with Crippen molar-refractivity contribution in [2.75, 3.05) is 43.4 Å². The van der Waals surface area contributed by atoms with Gasteiger partial charge in [0.2, 0.25) is 11.8 Å². The van der Waals surface area contributed by atoms with Gasteiger partial charge >= 0.3 is 6.03 Å². The van der Waals surface area contributed by atoms with Crippen LogP contribution in [0.4, 0.5) is 16.2 Å². The van der Waals surface area contributed by atoms with Crippen LogP contribution < -0.4 is 20.9 Å². The van der Waals surface area contributed by atoms with Gasteiger partial charge in [0.15, 0.2) is 0 Å². The summed E-state index contributed by atoms with van der Waals surface area (Å²) in [5.74, 6) is -0.965. The van der Waals surface area contributed by atoms with E-state index in [0.29, 0.717) is 18.5 Å². The van der Waals surface area contributed by atoms with Crippen LogP contribution in [0, 0.1) is 0 Å². The van der Waals surface area contributed by atoms with Gasteiger partial charge in [-0.1, -0.05) is 24.3 Å². The lowest BCUT2D eigenvalue weighted by Crippen LogP contribution is -2.52. The SMILES string of the molecule is CN1CCN(c2ccccc2NC(=O)NCc2ccc3c(c2)C(=O)N(C2CCC(=O)NC2=O)C3)CC1. The first-order valence-corrected chi connectivity index (χ1v) is 12.2. The highest BCUT2D eigenvalue weighted by Gasteiger charge is 2.39. The van der Waals surface area contributed by atoms with Crippen molar-refractivity contribution in [3.8, 4) is 0 Å². The second kappa shape index (κ2) is 9.98. The van der Waals surface area contributed by atoms with Gasteiger partial charge in [0.05, 0.1) is 11.4 Å². The van der Waals surface area contributed by atoms with Crippen LogP contribution in [0.3, 0.4) is 0 Å². The summed E-state index contributed by atoms with van der Waals surface area (Å²) in [6, 6.07) is 12.3. The Kier molecular flexibility index (Phi) is 6.60. The molecule has 0 radical (unpaired) electrons. The second-order valence-electron chi connectivity index (χ2n) is 9.51. The fraction of sp³-hybridized carbons (Fsp3) is 0.385. The molecule has 3 heterocycles. The molecule has 0 aromatic heterocycles. The topological polar surface area (TPSA) is 114 Å². The number of likely N-dealkylation sites (N-methyl/N-ethyl adjacent to an activating group) is 1. The normalized spacial score (nSPS) is 20.2. The highest BCUT2D eigenvalue weighted by atomic mass is 16.2. The molecule has 5 rings (SSSR count). The third-order valence-corrected chi connectivity index (χ3v) is 7.04. The van der Waals surface area contributed by atoms with Gasteiger partial charge in [0.1, 0.15) is 6.04 Å². The summed E-state index contributed by atoms with van der Waals surface area (Å²) in [4.78, 5) is 55.5. The molecule has 3 aliphatic rings. The summed E-state index contributed by atoms with van der Waals surface area (Å²) in [6.45, 7) is 4.32. The van der Waals surface area contributed by atoms with E-state index in [9.17, 15) is 19.2 Å². The molecule has 3 N–H and O–H groups in total. The third-order valence-electron chi connectivity index (χ3n) is 7.04. The van der Waals surface area contributed by atoms with Gasteiger partial charge in [-0.3, -0.25) is 19.7 Å². The smallest absolute Gasteiger partial charge is 0.319 e. The van der Waals surface area contributed by atoms with E-state index in [-0.39, 0.29) is 30.8 Å². The number of rotatable bonds is 5. The number of carbonyl (C=O) groups excluding carboxylic acids is 4. The first-order valence-electron chi connectivity index (χ1n) is 12.2. The highest BCUT2D eigenvalue weighted by Crippen LogP contribution is 2.29. The minimum absolute atomic E-state index is 0.221. The van der Waals surface area contributed by atoms with Gasteiger partial charge in [-0.15, -0.1) is 0 Å². The maximum absolute atomic E-state index is 13.0. The molecule has 0 saturated carbocycles. The van der Waals surface area contributed by atoms with Crippen LogP contribution in [0.5, 0.6) is 0 Å². The molecule has 2 aromatic carbocycles. The van der Waals surface area contributed by atoms with Crippen LogP contribution in [0.25, 0.3) is 0 Å². The van der Waals surface area contributed by atoms with E-state index in [2.05, 4.69) is 32.8 Å². The summed E-state index contributed by atoms with van der Waals surface area (Å²) < 4.78 is 0. The quantitative estimate of drug-likeness (QED) is 0.548. The predicted molar refractivity (Wildman–Crippen MR) is 134 cm³/mol. The van der Waals surface area contributed by atoms with Crippen molar-refractivity contribution < 1.29 is 19.2 Å². The molecule has 188 valence electrons. The third kappa shape index (κ3) is 4.90. The number of hydrogen-bond acceptors (Lipinski definition) is 6. The summed E-state index contributed by atoms with van der Waals surface area (Å²) in [5, 5.41) is 8.14. The highest BCUT2D eigenvalue weighted by molar-refractivity contribution is 6.05. The molecule has 1 atom stereocenters. The Balaban J connectivity index is 1.20. The average Bonchev–Trinajstić information content (AvgIpc) is 3.19. The number of piperidine rings is 1. The van der Waals surface area contributed by atoms with Crippen molar-refractivity contribution in [1.82, 2.24) is 20.4 Å². The van der Waals surface area contributed by atoms with Crippen LogP contribution in [-0.4, -0.2) is 72.8 Å². The minimum atomic E-state index is -0.643. The van der Waals surface area contributed by atoms with E-state index in [1.165, 1.54) is 4.90 Å². The van der Waals surface area contributed by atoms with Gasteiger partial charge in [-0.05, 0) is 42.8 Å². The number of piperazine rings is 1. The zero-order chi connectivity index (χ0) is 25.2. The van der Waals surface area contributed by atoms with Crippen LogP contribution in [0.15, 0.2) is 42.5 Å². The number of urea groups is 1. The first-order chi connectivity index (χ1) is 17.4. The lowest BCUT2D eigenvalue weighted by Gasteiger charge is -2.35. The maximum Gasteiger partial charge on any atom is 0.319 e. The molecule has 0 bridgehead atoms. The fourth-order valence-corrected chi connectivity index (χ4v) is 4.96. The Hall–Kier alpha value is -3.92. The molecule has 10 nitrogen and oxygen atoms in total. The number of benzene rings is 2. The Bertz CT molecular complexity index is 1210. The van der Waals surface area contributed by atoms with Crippen molar-refractivity contribution in [3.05, 3.63) is 59.2 Å². The largest absolute Gasteiger partial charge is 0.367 e. The number of anilines is 2. The molecule has 36 heavy (non-hydrogen) atoms. The molecule has 3 aliphatic heterocycles. The Labute approximate surface area is 209 Å². The standard InChI is InChI=1S/C26H30N6O4/c1-30-10-12-31(13-11-30)21-5-3-2-4-20(21)28-26(36)27-15-17-6-7-18-16-32(25(35)19(18)14-17)22-8-9-23(33)29-24(22)34/h2-7,14,22H,8-13,15-16H2,1H3,(H2,27,28,36)(H,29,33,34). The molecule has 1 unspecified atom stereocenters. The van der Waals surface area contributed by atoms with Gasteiger partial charge in [-0.2, -0.15) is 0 Å². The van der Waals surface area contributed by atoms with Crippen LogP contribution in [0.1, 0.15) is 34.3 Å². The summed E-state index contributed by atoms with van der Waals surface area (Å²) in [6.07, 6.45) is 0.549. The molecule has 10 heteroatoms. The van der Waals surface area contributed by atoms with Crippen molar-refractivity contribution >= 4 is 35.1 Å². The molecule has 2 fully saturated rings. The van der Waals surface area contributed by atoms with Crippen molar-refractivity contribution in [2.45, 2.75) is 32.0 Å². The van der Waals surface area contributed by atoms with E-state index in [4.69, 9.17) is 0 Å². The summed E-state index contributed by atoms with van der Waals surface area (Å²) >= 11 is 0. The number of para-hydroxylation sites is 2. The number of hydrogen-bond donors (Lipinski definition) is 3. The van der Waals surface area contributed by atoms with Crippen molar-refractivity contribution in [3.63, 3.8) is 0 Å². The summed E-state index contributed by atoms with van der Waals surface area (Å²) in [5.41, 5.74) is 3.90. The van der Waals surface area contributed by atoms with Gasteiger partial charge < -0.3 is 25.3 Å². The van der Waals surface area contributed by atoms with Gasteiger partial charge in [0.25, 0.3) is 5.91 Å². The molecular weight excluding hydrogens is 460 g/mol.